The second-order valence-corrected chi connectivity index (χ2v) is 2.48. The van der Waals surface area contributed by atoms with Gasteiger partial charge in [0.25, 0.3) is 0 Å². The van der Waals surface area contributed by atoms with E-state index in [1.54, 1.807) is 9.80 Å². The molecule has 15 heteroatoms. The molecule has 21 heavy (non-hydrogen) atoms. The zero-order valence-electron chi connectivity index (χ0n) is 10.8. The van der Waals surface area contributed by atoms with Crippen LogP contribution in [0.4, 0.5) is 61.2 Å². The standard InChI is InChI=1S/C6H12N2O.12FH/c1-7-4-3-5-8(2)6(7)9;;;;;;;;;;;;/h3-5H2,1-2H3;12*1H. The van der Waals surface area contributed by atoms with E-state index in [9.17, 15) is 4.79 Å². The second kappa shape index (κ2) is 51.5. The summed E-state index contributed by atoms with van der Waals surface area (Å²) in [5.74, 6) is 0. The lowest BCUT2D eigenvalue weighted by Gasteiger charge is -2.30. The molecule has 1 aliphatic rings. The molecule has 1 fully saturated rings. The van der Waals surface area contributed by atoms with E-state index in [0.717, 1.165) is 19.5 Å². The Labute approximate surface area is 112 Å². The predicted molar refractivity (Wildman–Crippen MR) is 65.3 cm³/mol. The first-order valence-electron chi connectivity index (χ1n) is 3.18. The van der Waals surface area contributed by atoms with Gasteiger partial charge in [-0.3, -0.25) is 56.5 Å². The van der Waals surface area contributed by atoms with Gasteiger partial charge in [-0.15, -0.1) is 0 Å². The fourth-order valence-corrected chi connectivity index (χ4v) is 1.03. The molecule has 148 valence electrons. The third-order valence-corrected chi connectivity index (χ3v) is 1.64. The van der Waals surface area contributed by atoms with Crippen molar-refractivity contribution in [3.05, 3.63) is 0 Å². The van der Waals surface area contributed by atoms with Gasteiger partial charge in [0.05, 0.1) is 0 Å². The van der Waals surface area contributed by atoms with Crippen molar-refractivity contribution < 1.29 is 61.2 Å². The number of amides is 2. The lowest BCUT2D eigenvalue weighted by molar-refractivity contribution is 0.153. The summed E-state index contributed by atoms with van der Waals surface area (Å²) >= 11 is 0. The van der Waals surface area contributed by atoms with Crippen LogP contribution in [0.25, 0.3) is 0 Å². The lowest BCUT2D eigenvalue weighted by atomic mass is 10.3. The van der Waals surface area contributed by atoms with Gasteiger partial charge in [-0.05, 0) is 6.42 Å². The molecule has 0 saturated carbocycles. The van der Waals surface area contributed by atoms with Gasteiger partial charge < -0.3 is 9.80 Å². The van der Waals surface area contributed by atoms with Crippen molar-refractivity contribution in [1.29, 1.82) is 0 Å². The smallest absolute Gasteiger partial charge is 0.319 e. The summed E-state index contributed by atoms with van der Waals surface area (Å²) < 4.78 is 0. The molecular weight excluding hydrogens is 344 g/mol. The number of nitrogens with zero attached hydrogens (tertiary/aromatic N) is 2. The number of halogens is 12. The van der Waals surface area contributed by atoms with Crippen LogP contribution in [0.3, 0.4) is 0 Å². The summed E-state index contributed by atoms with van der Waals surface area (Å²) in [5, 5.41) is 0. The summed E-state index contributed by atoms with van der Waals surface area (Å²) in [4.78, 5) is 14.5. The van der Waals surface area contributed by atoms with Crippen LogP contribution in [0.5, 0.6) is 0 Å². The van der Waals surface area contributed by atoms with Crippen molar-refractivity contribution in [3.8, 4) is 0 Å². The maximum absolute atomic E-state index is 11.0. The fourth-order valence-electron chi connectivity index (χ4n) is 1.03. The highest BCUT2D eigenvalue weighted by atomic mass is 19.0. The monoisotopic (exact) mass is 368 g/mol. The highest BCUT2D eigenvalue weighted by Gasteiger charge is 2.17. The van der Waals surface area contributed by atoms with Crippen LogP contribution in [0.1, 0.15) is 6.42 Å². The molecule has 3 nitrogen and oxygen atoms in total. The Morgan fingerprint density at radius 2 is 0.762 bits per heavy atom. The summed E-state index contributed by atoms with van der Waals surface area (Å²) in [5.41, 5.74) is 0. The number of urea groups is 1. The van der Waals surface area contributed by atoms with Crippen LogP contribution >= 0.6 is 0 Å². The number of carbonyl (C=O) groups excluding carboxylic acids is 1. The summed E-state index contributed by atoms with van der Waals surface area (Å²) in [6.07, 6.45) is 1.10. The second-order valence-electron chi connectivity index (χ2n) is 2.48. The molecule has 0 aromatic carbocycles. The predicted octanol–water partition coefficient (Wildman–Crippen LogP) is 2.20. The Morgan fingerprint density at radius 3 is 0.905 bits per heavy atom. The van der Waals surface area contributed by atoms with Crippen LogP contribution < -0.4 is 0 Å². The quantitative estimate of drug-likeness (QED) is 0.602. The average molecular weight is 368 g/mol. The topological polar surface area (TPSA) is 23.6 Å². The van der Waals surface area contributed by atoms with E-state index in [1.165, 1.54) is 0 Å². The Balaban J connectivity index is -0.00000000675. The van der Waals surface area contributed by atoms with Gasteiger partial charge in [-0.1, -0.05) is 0 Å². The van der Waals surface area contributed by atoms with E-state index in [2.05, 4.69) is 0 Å². The van der Waals surface area contributed by atoms with Crippen LogP contribution in [0.15, 0.2) is 0 Å². The number of hydrogen-bond acceptors (Lipinski definition) is 1. The molecule has 0 bridgehead atoms. The van der Waals surface area contributed by atoms with Crippen molar-refractivity contribution >= 4 is 6.03 Å². The van der Waals surface area contributed by atoms with Crippen molar-refractivity contribution in [2.45, 2.75) is 6.42 Å². The minimum atomic E-state index is 0. The molecule has 1 saturated heterocycles. The van der Waals surface area contributed by atoms with Crippen molar-refractivity contribution in [2.75, 3.05) is 27.2 Å². The molecule has 0 unspecified atom stereocenters. The molecule has 0 aromatic rings. The van der Waals surface area contributed by atoms with Gasteiger partial charge in [-0.2, -0.15) is 0 Å². The first-order chi connectivity index (χ1) is 4.22. The largest absolute Gasteiger partial charge is 0.328 e. The highest BCUT2D eigenvalue weighted by molar-refractivity contribution is 5.74. The van der Waals surface area contributed by atoms with Crippen LogP contribution in [0.2, 0.25) is 0 Å². The zero-order valence-corrected chi connectivity index (χ0v) is 10.8. The van der Waals surface area contributed by atoms with Crippen molar-refractivity contribution in [2.24, 2.45) is 0 Å². The van der Waals surface area contributed by atoms with Crippen molar-refractivity contribution in [1.82, 2.24) is 9.80 Å². The average Bonchev–Trinajstić information content (AvgIpc) is 1.83. The van der Waals surface area contributed by atoms with E-state index < -0.39 is 0 Å². The SMILES string of the molecule is CN1CCCN(C)C1=O.F.F.F.F.F.F.F.F.F.F.F.F. The molecule has 0 spiro atoms. The highest BCUT2D eigenvalue weighted by Crippen LogP contribution is 2.02. The van der Waals surface area contributed by atoms with Gasteiger partial charge in [-0.25, -0.2) is 4.79 Å². The van der Waals surface area contributed by atoms with Gasteiger partial charge >= 0.3 is 6.03 Å². The molecule has 1 aliphatic heterocycles. The molecular formula is C6H24F12N2O. The molecule has 1 rings (SSSR count). The minimum absolute atomic E-state index is 0. The van der Waals surface area contributed by atoms with E-state index >= 15 is 0 Å². The van der Waals surface area contributed by atoms with E-state index in [0.29, 0.717) is 0 Å². The van der Waals surface area contributed by atoms with Crippen LogP contribution in [-0.2, 0) is 0 Å². The van der Waals surface area contributed by atoms with Crippen LogP contribution in [0, 0.1) is 0 Å². The molecule has 0 N–H and O–H groups in total. The molecule has 0 radical (unpaired) electrons. The fraction of sp³-hybridized carbons (Fsp3) is 0.833. The maximum Gasteiger partial charge on any atom is 0.319 e. The van der Waals surface area contributed by atoms with Crippen molar-refractivity contribution in [3.63, 3.8) is 0 Å². The van der Waals surface area contributed by atoms with Gasteiger partial charge in [0, 0.05) is 27.2 Å². The number of rotatable bonds is 0. The summed E-state index contributed by atoms with van der Waals surface area (Å²) in [6.45, 7) is 1.81. The van der Waals surface area contributed by atoms with E-state index in [4.69, 9.17) is 0 Å². The normalized spacial score (nSPS) is 8.95. The van der Waals surface area contributed by atoms with Gasteiger partial charge in [0.1, 0.15) is 0 Å². The van der Waals surface area contributed by atoms with Gasteiger partial charge in [0.15, 0.2) is 0 Å². The molecule has 0 aromatic heterocycles. The first kappa shape index (κ1) is 120. The number of carbonyl (C=O) groups is 1. The maximum atomic E-state index is 11.0. The molecule has 1 heterocycles. The third-order valence-electron chi connectivity index (χ3n) is 1.64. The summed E-state index contributed by atoms with van der Waals surface area (Å²) in [7, 11) is 3.66. The zero-order chi connectivity index (χ0) is 6.85. The molecule has 2 amide bonds. The Morgan fingerprint density at radius 1 is 0.571 bits per heavy atom. The minimum Gasteiger partial charge on any atom is -0.328 e. The third kappa shape index (κ3) is 32.2. The molecule has 0 aliphatic carbocycles. The molecule has 0 atom stereocenters. The van der Waals surface area contributed by atoms with E-state index in [-0.39, 0.29) is 62.5 Å². The van der Waals surface area contributed by atoms with Gasteiger partial charge in [0.2, 0.25) is 0 Å². The van der Waals surface area contributed by atoms with Crippen LogP contribution in [-0.4, -0.2) is 43.0 Å². The first-order valence-corrected chi connectivity index (χ1v) is 3.18. The van der Waals surface area contributed by atoms with E-state index in [1.807, 2.05) is 14.1 Å². The Hall–Kier alpha value is -1.57. The lowest BCUT2D eigenvalue weighted by Crippen LogP contribution is -2.44. The Bertz CT molecular complexity index is 133. The summed E-state index contributed by atoms with van der Waals surface area (Å²) in [6, 6.07) is 0.140. The number of hydrogen-bond donors (Lipinski definition) is 0. The Kier molecular flexibility index (Phi) is 293.